The Morgan fingerprint density at radius 1 is 1.20 bits per heavy atom. The fourth-order valence-corrected chi connectivity index (χ4v) is 4.55. The minimum Gasteiger partial charge on any atom is -0.495 e. The van der Waals surface area contributed by atoms with Crippen molar-refractivity contribution in [2.75, 3.05) is 27.7 Å². The van der Waals surface area contributed by atoms with Crippen LogP contribution < -0.4 is 9.47 Å². The van der Waals surface area contributed by atoms with Gasteiger partial charge in [0.05, 0.1) is 13.2 Å². The maximum atomic E-state index is 13.2. The zero-order valence-electron chi connectivity index (χ0n) is 22.0. The van der Waals surface area contributed by atoms with Gasteiger partial charge in [-0.2, -0.15) is 0 Å². The monoisotopic (exact) mass is 483 g/mol. The molecule has 0 unspecified atom stereocenters. The number of amides is 2. The Hall–Kier alpha value is -3.29. The standard InChI is InChI=1S/C27H37N3O5/c1-17(2)24-21-11-10-20(34-16-22-23(33-8)12-9-18(3)28-22)15-19(21)13-14-30(24)26(32)35-27(4,5)25(31)29(6)7/h9-12,15,17,24H,13-14,16H2,1-8H3/t24-/m0/s1. The van der Waals surface area contributed by atoms with Crippen molar-refractivity contribution in [3.63, 3.8) is 0 Å². The number of aryl methyl sites for hydroxylation is 1. The van der Waals surface area contributed by atoms with Gasteiger partial charge in [-0.1, -0.05) is 19.9 Å². The number of pyridine rings is 1. The molecule has 1 aromatic carbocycles. The number of aromatic nitrogens is 1. The summed E-state index contributed by atoms with van der Waals surface area (Å²) in [6.07, 6.45) is 0.186. The second-order valence-corrected chi connectivity index (χ2v) is 9.96. The van der Waals surface area contributed by atoms with E-state index in [2.05, 4.69) is 18.8 Å². The van der Waals surface area contributed by atoms with Crippen LogP contribution in [0.3, 0.4) is 0 Å². The number of nitrogens with zero attached hydrogens (tertiary/aromatic N) is 3. The van der Waals surface area contributed by atoms with Crippen LogP contribution in [0.1, 0.15) is 56.3 Å². The molecule has 0 fully saturated rings. The summed E-state index contributed by atoms with van der Waals surface area (Å²) in [7, 11) is 4.92. The Balaban J connectivity index is 1.78. The lowest BCUT2D eigenvalue weighted by Crippen LogP contribution is -2.50. The number of rotatable bonds is 7. The van der Waals surface area contributed by atoms with E-state index in [1.165, 1.54) is 4.90 Å². The van der Waals surface area contributed by atoms with Crippen molar-refractivity contribution >= 4 is 12.0 Å². The molecule has 190 valence electrons. The van der Waals surface area contributed by atoms with Gasteiger partial charge >= 0.3 is 6.09 Å². The zero-order chi connectivity index (χ0) is 25.9. The van der Waals surface area contributed by atoms with Crippen molar-refractivity contribution in [2.24, 2.45) is 5.92 Å². The van der Waals surface area contributed by atoms with Crippen LogP contribution in [0.5, 0.6) is 11.5 Å². The zero-order valence-corrected chi connectivity index (χ0v) is 22.0. The third-order valence-corrected chi connectivity index (χ3v) is 6.19. The van der Waals surface area contributed by atoms with Crippen molar-refractivity contribution in [3.05, 3.63) is 52.8 Å². The highest BCUT2D eigenvalue weighted by atomic mass is 16.6. The van der Waals surface area contributed by atoms with Crippen LogP contribution in [0.15, 0.2) is 30.3 Å². The van der Waals surface area contributed by atoms with Crippen LogP contribution >= 0.6 is 0 Å². The van der Waals surface area contributed by atoms with E-state index in [-0.39, 0.29) is 17.9 Å². The first-order chi connectivity index (χ1) is 16.4. The van der Waals surface area contributed by atoms with Gasteiger partial charge in [0.25, 0.3) is 5.91 Å². The van der Waals surface area contributed by atoms with Gasteiger partial charge in [-0.25, -0.2) is 4.79 Å². The molecular weight excluding hydrogens is 446 g/mol. The Morgan fingerprint density at radius 3 is 2.54 bits per heavy atom. The summed E-state index contributed by atoms with van der Waals surface area (Å²) in [5, 5.41) is 0. The number of ether oxygens (including phenoxy) is 3. The molecule has 2 amide bonds. The van der Waals surface area contributed by atoms with Crippen LogP contribution in [0, 0.1) is 12.8 Å². The average molecular weight is 484 g/mol. The predicted octanol–water partition coefficient (Wildman–Crippen LogP) is 4.54. The van der Waals surface area contributed by atoms with Gasteiger partial charge in [0, 0.05) is 26.3 Å². The van der Waals surface area contributed by atoms with E-state index in [0.717, 1.165) is 28.3 Å². The van der Waals surface area contributed by atoms with Crippen molar-refractivity contribution in [2.45, 2.75) is 59.3 Å². The average Bonchev–Trinajstić information content (AvgIpc) is 2.80. The van der Waals surface area contributed by atoms with Gasteiger partial charge in [0.1, 0.15) is 23.8 Å². The molecule has 35 heavy (non-hydrogen) atoms. The van der Waals surface area contributed by atoms with Crippen LogP contribution in [0.4, 0.5) is 4.79 Å². The minimum atomic E-state index is -1.25. The quantitative estimate of drug-likeness (QED) is 0.575. The number of likely N-dealkylation sites (N-methyl/N-ethyl adjacent to an activating group) is 1. The summed E-state index contributed by atoms with van der Waals surface area (Å²) in [4.78, 5) is 33.3. The number of carbonyl (C=O) groups is 2. The second kappa shape index (κ2) is 10.5. The number of hydrogen-bond acceptors (Lipinski definition) is 6. The second-order valence-electron chi connectivity index (χ2n) is 9.96. The first-order valence-corrected chi connectivity index (χ1v) is 11.9. The summed E-state index contributed by atoms with van der Waals surface area (Å²) in [6, 6.07) is 9.61. The number of carbonyl (C=O) groups excluding carboxylic acids is 2. The molecule has 8 heteroatoms. The summed E-state index contributed by atoms with van der Waals surface area (Å²) < 4.78 is 17.1. The largest absolute Gasteiger partial charge is 0.495 e. The lowest BCUT2D eigenvalue weighted by Gasteiger charge is -2.40. The normalized spacial score (nSPS) is 15.5. The van der Waals surface area contributed by atoms with Crippen LogP contribution in [0.25, 0.3) is 0 Å². The Bertz CT molecular complexity index is 1080. The summed E-state index contributed by atoms with van der Waals surface area (Å²) in [5.41, 5.74) is 2.60. The van der Waals surface area contributed by atoms with Gasteiger partial charge in [0.15, 0.2) is 5.60 Å². The number of hydrogen-bond donors (Lipinski definition) is 0. The molecule has 0 saturated carbocycles. The van der Waals surface area contributed by atoms with E-state index < -0.39 is 11.7 Å². The molecule has 0 N–H and O–H groups in total. The first kappa shape index (κ1) is 26.3. The molecule has 2 aromatic rings. The molecule has 0 saturated heterocycles. The molecule has 3 rings (SSSR count). The summed E-state index contributed by atoms with van der Waals surface area (Å²) >= 11 is 0. The van der Waals surface area contributed by atoms with E-state index >= 15 is 0 Å². The molecule has 8 nitrogen and oxygen atoms in total. The minimum absolute atomic E-state index is 0.154. The molecule has 2 heterocycles. The molecule has 0 aliphatic carbocycles. The van der Waals surface area contributed by atoms with Crippen molar-refractivity contribution in [1.82, 2.24) is 14.8 Å². The van der Waals surface area contributed by atoms with E-state index in [9.17, 15) is 9.59 Å². The molecule has 1 aliphatic rings. The Kier molecular flexibility index (Phi) is 7.93. The van der Waals surface area contributed by atoms with Crippen LogP contribution in [-0.2, 0) is 22.6 Å². The van der Waals surface area contributed by atoms with Crippen molar-refractivity contribution in [1.29, 1.82) is 0 Å². The molecule has 1 aliphatic heterocycles. The highest BCUT2D eigenvalue weighted by Gasteiger charge is 2.39. The lowest BCUT2D eigenvalue weighted by atomic mass is 9.86. The van der Waals surface area contributed by atoms with Crippen LogP contribution in [-0.4, -0.2) is 60.1 Å². The predicted molar refractivity (Wildman–Crippen MR) is 134 cm³/mol. The SMILES string of the molecule is COc1ccc(C)nc1COc1ccc2c(c1)CCN(C(=O)OC(C)(C)C(=O)N(C)C)[C@H]2C(C)C. The molecule has 1 aromatic heterocycles. The molecule has 0 radical (unpaired) electrons. The maximum Gasteiger partial charge on any atom is 0.411 e. The van der Waals surface area contributed by atoms with Gasteiger partial charge < -0.3 is 24.0 Å². The first-order valence-electron chi connectivity index (χ1n) is 11.9. The third-order valence-electron chi connectivity index (χ3n) is 6.19. The summed E-state index contributed by atoms with van der Waals surface area (Å²) in [5.74, 6) is 1.33. The number of benzene rings is 1. The van der Waals surface area contributed by atoms with Gasteiger partial charge in [-0.15, -0.1) is 0 Å². The van der Waals surface area contributed by atoms with E-state index in [1.54, 1.807) is 40.0 Å². The lowest BCUT2D eigenvalue weighted by molar-refractivity contribution is -0.146. The van der Waals surface area contributed by atoms with Gasteiger partial charge in [-0.05, 0) is 68.5 Å². The van der Waals surface area contributed by atoms with Crippen molar-refractivity contribution < 1.29 is 23.8 Å². The molecular formula is C27H37N3O5. The van der Waals surface area contributed by atoms with Crippen molar-refractivity contribution in [3.8, 4) is 11.5 Å². The maximum absolute atomic E-state index is 13.2. The highest BCUT2D eigenvalue weighted by molar-refractivity contribution is 5.86. The number of fused-ring (bicyclic) bond motifs is 1. The van der Waals surface area contributed by atoms with E-state index in [0.29, 0.717) is 25.3 Å². The Morgan fingerprint density at radius 2 is 1.91 bits per heavy atom. The smallest absolute Gasteiger partial charge is 0.411 e. The third kappa shape index (κ3) is 5.86. The van der Waals surface area contributed by atoms with Gasteiger partial charge in [0.2, 0.25) is 0 Å². The molecule has 0 bridgehead atoms. The highest BCUT2D eigenvalue weighted by Crippen LogP contribution is 2.38. The number of methoxy groups -OCH3 is 1. The van der Waals surface area contributed by atoms with E-state index in [4.69, 9.17) is 14.2 Å². The van der Waals surface area contributed by atoms with Gasteiger partial charge in [-0.3, -0.25) is 9.78 Å². The van der Waals surface area contributed by atoms with Crippen LogP contribution in [0.2, 0.25) is 0 Å². The molecule has 0 spiro atoms. The van der Waals surface area contributed by atoms with E-state index in [1.807, 2.05) is 37.3 Å². The summed E-state index contributed by atoms with van der Waals surface area (Å²) in [6.45, 7) is 10.1. The Labute approximate surface area is 208 Å². The topological polar surface area (TPSA) is 81.2 Å². The molecule has 1 atom stereocenters. The fraction of sp³-hybridized carbons (Fsp3) is 0.519. The fourth-order valence-electron chi connectivity index (χ4n) is 4.55.